The van der Waals surface area contributed by atoms with Gasteiger partial charge < -0.3 is 9.84 Å². The summed E-state index contributed by atoms with van der Waals surface area (Å²) in [6.07, 6.45) is -0.956. The lowest BCUT2D eigenvalue weighted by molar-refractivity contribution is -0.145. The second kappa shape index (κ2) is 6.42. The van der Waals surface area contributed by atoms with Crippen LogP contribution in [0.5, 0.6) is 0 Å². The number of aliphatic hydroxyl groups is 1. The number of hydrogen-bond donors (Lipinski definition) is 2. The molecule has 100 valence electrons. The Morgan fingerprint density at radius 3 is 2.61 bits per heavy atom. The summed E-state index contributed by atoms with van der Waals surface area (Å²) in [5, 5.41) is 12.1. The van der Waals surface area contributed by atoms with Gasteiger partial charge in [-0.15, -0.1) is 0 Å². The summed E-state index contributed by atoms with van der Waals surface area (Å²) in [7, 11) is 1.21. The van der Waals surface area contributed by atoms with Crippen molar-refractivity contribution in [2.45, 2.75) is 25.6 Å². The highest BCUT2D eigenvalue weighted by molar-refractivity contribution is 5.76. The first kappa shape index (κ1) is 14.5. The third kappa shape index (κ3) is 3.75. The molecule has 0 unspecified atom stereocenters. The third-order valence-corrected chi connectivity index (χ3v) is 2.45. The molecule has 18 heavy (non-hydrogen) atoms. The lowest BCUT2D eigenvalue weighted by Gasteiger charge is -2.18. The van der Waals surface area contributed by atoms with Crippen LogP contribution < -0.4 is 5.32 Å². The molecule has 0 aliphatic rings. The topological polar surface area (TPSA) is 58.6 Å². The number of carbonyl (C=O) groups is 1. The second-order valence-electron chi connectivity index (χ2n) is 3.87. The van der Waals surface area contributed by atoms with Crippen LogP contribution in [-0.4, -0.2) is 30.3 Å². The predicted molar refractivity (Wildman–Crippen MR) is 60.7 cm³/mol. The maximum atomic E-state index is 12.9. The summed E-state index contributed by atoms with van der Waals surface area (Å²) in [6, 6.07) is 2.51. The largest absolute Gasteiger partial charge is 0.468 e. The number of esters is 1. The summed E-state index contributed by atoms with van der Waals surface area (Å²) >= 11 is 0. The maximum absolute atomic E-state index is 12.9. The van der Waals surface area contributed by atoms with Crippen LogP contribution in [-0.2, 0) is 16.1 Å². The number of carbonyl (C=O) groups excluding carboxylic acids is 1. The van der Waals surface area contributed by atoms with Crippen LogP contribution in [0.4, 0.5) is 8.78 Å². The number of aliphatic hydroxyl groups excluding tert-OH is 1. The Morgan fingerprint density at radius 1 is 1.44 bits per heavy atom. The fraction of sp³-hybridized carbons (Fsp3) is 0.417. The lowest BCUT2D eigenvalue weighted by atomic mass is 10.1. The van der Waals surface area contributed by atoms with Crippen LogP contribution in [0.1, 0.15) is 12.5 Å². The molecule has 0 bridgehead atoms. The molecule has 1 aromatic rings. The first-order valence-corrected chi connectivity index (χ1v) is 5.39. The van der Waals surface area contributed by atoms with Crippen LogP contribution in [0.15, 0.2) is 18.2 Å². The summed E-state index contributed by atoms with van der Waals surface area (Å²) in [5.41, 5.74) is 0.462. The molecule has 0 saturated heterocycles. The molecule has 4 nitrogen and oxygen atoms in total. The predicted octanol–water partition coefficient (Wildman–Crippen LogP) is 0.977. The smallest absolute Gasteiger partial charge is 0.325 e. The fourth-order valence-corrected chi connectivity index (χ4v) is 1.46. The van der Waals surface area contributed by atoms with Crippen molar-refractivity contribution >= 4 is 5.97 Å². The minimum absolute atomic E-state index is 0.113. The molecule has 2 atom stereocenters. The van der Waals surface area contributed by atoms with Gasteiger partial charge in [0.2, 0.25) is 0 Å². The third-order valence-electron chi connectivity index (χ3n) is 2.45. The molecule has 0 saturated carbocycles. The molecule has 6 heteroatoms. The standard InChI is InChI=1S/C12H15F2NO3/c1-7(16)11(12(17)18-2)15-6-8-3-4-9(13)10(14)5-8/h3-5,7,11,15-16H,6H2,1-2H3/t7-,11-/m1/s1. The fourth-order valence-electron chi connectivity index (χ4n) is 1.46. The zero-order valence-corrected chi connectivity index (χ0v) is 10.1. The van der Waals surface area contributed by atoms with Gasteiger partial charge in [-0.05, 0) is 24.6 Å². The molecule has 0 heterocycles. The molecule has 0 spiro atoms. The summed E-state index contributed by atoms with van der Waals surface area (Å²) < 4.78 is 30.2. The van der Waals surface area contributed by atoms with Crippen molar-refractivity contribution in [3.8, 4) is 0 Å². The first-order valence-electron chi connectivity index (χ1n) is 5.39. The van der Waals surface area contributed by atoms with E-state index in [9.17, 15) is 18.7 Å². The summed E-state index contributed by atoms with van der Waals surface area (Å²) in [4.78, 5) is 11.3. The Morgan fingerprint density at radius 2 is 2.11 bits per heavy atom. The van der Waals surface area contributed by atoms with Gasteiger partial charge in [-0.3, -0.25) is 10.1 Å². The van der Waals surface area contributed by atoms with Gasteiger partial charge in [-0.25, -0.2) is 8.78 Å². The van der Waals surface area contributed by atoms with E-state index in [4.69, 9.17) is 0 Å². The van der Waals surface area contributed by atoms with Crippen molar-refractivity contribution in [2.75, 3.05) is 7.11 Å². The van der Waals surface area contributed by atoms with Crippen molar-refractivity contribution in [1.29, 1.82) is 0 Å². The van der Waals surface area contributed by atoms with Crippen molar-refractivity contribution in [3.63, 3.8) is 0 Å². The number of hydrogen-bond acceptors (Lipinski definition) is 4. The number of methoxy groups -OCH3 is 1. The van der Waals surface area contributed by atoms with E-state index in [0.717, 1.165) is 12.1 Å². The molecule has 0 radical (unpaired) electrons. The highest BCUT2D eigenvalue weighted by Gasteiger charge is 2.23. The van der Waals surface area contributed by atoms with Gasteiger partial charge in [0.15, 0.2) is 11.6 Å². The Labute approximate surface area is 104 Å². The van der Waals surface area contributed by atoms with Gasteiger partial charge in [0.1, 0.15) is 6.04 Å². The Bertz CT molecular complexity index is 424. The normalized spacial score (nSPS) is 14.1. The van der Waals surface area contributed by atoms with E-state index in [1.165, 1.54) is 20.1 Å². The molecule has 2 N–H and O–H groups in total. The SMILES string of the molecule is COC(=O)[C@H](NCc1ccc(F)c(F)c1)[C@@H](C)O. The van der Waals surface area contributed by atoms with E-state index in [2.05, 4.69) is 10.1 Å². The van der Waals surface area contributed by atoms with Crippen molar-refractivity contribution < 1.29 is 23.4 Å². The average molecular weight is 259 g/mol. The molecule has 1 rings (SSSR count). The number of rotatable bonds is 5. The molecule has 0 aromatic heterocycles. The quantitative estimate of drug-likeness (QED) is 0.774. The minimum atomic E-state index is -0.957. The van der Waals surface area contributed by atoms with E-state index in [0.29, 0.717) is 5.56 Å². The zero-order valence-electron chi connectivity index (χ0n) is 10.1. The molecule has 0 aliphatic carbocycles. The van der Waals surface area contributed by atoms with E-state index >= 15 is 0 Å². The van der Waals surface area contributed by atoms with Crippen molar-refractivity contribution in [3.05, 3.63) is 35.4 Å². The Hall–Kier alpha value is -1.53. The van der Waals surface area contributed by atoms with Crippen LogP contribution in [0.2, 0.25) is 0 Å². The Kier molecular flexibility index (Phi) is 5.18. The number of nitrogens with one attached hydrogen (secondary N) is 1. The Balaban J connectivity index is 2.67. The van der Waals surface area contributed by atoms with Gasteiger partial charge in [-0.2, -0.15) is 0 Å². The molecule has 1 aromatic carbocycles. The van der Waals surface area contributed by atoms with Crippen LogP contribution in [0.3, 0.4) is 0 Å². The van der Waals surface area contributed by atoms with Gasteiger partial charge in [0, 0.05) is 6.54 Å². The van der Waals surface area contributed by atoms with E-state index < -0.39 is 29.7 Å². The van der Waals surface area contributed by atoms with E-state index in [1.807, 2.05) is 0 Å². The highest BCUT2D eigenvalue weighted by atomic mass is 19.2. The molecule has 0 fully saturated rings. The average Bonchev–Trinajstić information content (AvgIpc) is 2.33. The van der Waals surface area contributed by atoms with Crippen LogP contribution in [0.25, 0.3) is 0 Å². The molecular formula is C12H15F2NO3. The van der Waals surface area contributed by atoms with E-state index in [-0.39, 0.29) is 6.54 Å². The van der Waals surface area contributed by atoms with E-state index in [1.54, 1.807) is 0 Å². The van der Waals surface area contributed by atoms with Gasteiger partial charge in [0.05, 0.1) is 13.2 Å². The summed E-state index contributed by atoms with van der Waals surface area (Å²) in [5.74, 6) is -2.51. The maximum Gasteiger partial charge on any atom is 0.325 e. The molecule has 0 amide bonds. The summed E-state index contributed by atoms with van der Waals surface area (Å²) in [6.45, 7) is 1.54. The lowest BCUT2D eigenvalue weighted by Crippen LogP contribution is -2.45. The second-order valence-corrected chi connectivity index (χ2v) is 3.87. The van der Waals surface area contributed by atoms with Crippen molar-refractivity contribution in [2.24, 2.45) is 0 Å². The highest BCUT2D eigenvalue weighted by Crippen LogP contribution is 2.09. The number of halogens is 2. The van der Waals surface area contributed by atoms with Crippen molar-refractivity contribution in [1.82, 2.24) is 5.32 Å². The van der Waals surface area contributed by atoms with Crippen LogP contribution >= 0.6 is 0 Å². The molecular weight excluding hydrogens is 244 g/mol. The number of ether oxygens (including phenoxy) is 1. The minimum Gasteiger partial charge on any atom is -0.468 e. The van der Waals surface area contributed by atoms with Gasteiger partial charge in [-0.1, -0.05) is 6.07 Å². The number of benzene rings is 1. The van der Waals surface area contributed by atoms with Gasteiger partial charge in [0.25, 0.3) is 0 Å². The first-order chi connectivity index (χ1) is 8.45. The monoisotopic (exact) mass is 259 g/mol. The molecule has 0 aliphatic heterocycles. The van der Waals surface area contributed by atoms with Gasteiger partial charge >= 0.3 is 5.97 Å². The zero-order chi connectivity index (χ0) is 13.7. The van der Waals surface area contributed by atoms with Crippen LogP contribution in [0, 0.1) is 11.6 Å².